The van der Waals surface area contributed by atoms with Crippen molar-refractivity contribution in [3.05, 3.63) is 47.0 Å². The van der Waals surface area contributed by atoms with E-state index in [2.05, 4.69) is 10.1 Å². The number of alkyl halides is 9. The Balaban J connectivity index is 2.41. The van der Waals surface area contributed by atoms with Crippen LogP contribution in [0.15, 0.2) is 24.3 Å². The Kier molecular flexibility index (Phi) is 4.64. The van der Waals surface area contributed by atoms with Gasteiger partial charge in [-0.05, 0) is 35.9 Å². The number of anilines is 1. The fourth-order valence-electron chi connectivity index (χ4n) is 2.58. The van der Waals surface area contributed by atoms with Crippen molar-refractivity contribution in [2.24, 2.45) is 0 Å². The van der Waals surface area contributed by atoms with Crippen molar-refractivity contribution >= 4 is 28.3 Å². The van der Waals surface area contributed by atoms with Gasteiger partial charge >= 0.3 is 17.7 Å². The van der Waals surface area contributed by atoms with Crippen molar-refractivity contribution in [3.63, 3.8) is 0 Å². The summed E-state index contributed by atoms with van der Waals surface area (Å²) in [4.78, 5) is 2.77. The highest BCUT2D eigenvalue weighted by atomic mass is 35.5. The van der Waals surface area contributed by atoms with Gasteiger partial charge in [-0.1, -0.05) is 0 Å². The van der Waals surface area contributed by atoms with Gasteiger partial charge in [0.25, 0.3) is 0 Å². The first kappa shape index (κ1) is 21.0. The van der Waals surface area contributed by atoms with E-state index in [1.54, 1.807) is 0 Å². The number of rotatable bonds is 2. The predicted octanol–water partition coefficient (Wildman–Crippen LogP) is 5.47. The lowest BCUT2D eigenvalue weighted by Crippen LogP contribution is -2.15. The van der Waals surface area contributed by atoms with Crippen LogP contribution in [0, 0.1) is 5.82 Å². The number of nitrogens with zero attached hydrogens (tertiary/aromatic N) is 3. The van der Waals surface area contributed by atoms with Gasteiger partial charge in [0, 0.05) is 0 Å². The summed E-state index contributed by atoms with van der Waals surface area (Å²) >= 11 is 4.73. The van der Waals surface area contributed by atoms with E-state index in [9.17, 15) is 39.5 Å². The highest BCUT2D eigenvalue weighted by molar-refractivity contribution is 6.21. The third-order valence-corrected chi connectivity index (χ3v) is 3.94. The smallest absolute Gasteiger partial charge is 0.383 e. The van der Waals surface area contributed by atoms with Crippen molar-refractivity contribution in [3.8, 4) is 5.69 Å². The summed E-state index contributed by atoms with van der Waals surface area (Å²) < 4.78 is 120. The van der Waals surface area contributed by atoms with Crippen LogP contribution in [0.5, 0.6) is 0 Å². The van der Waals surface area contributed by atoms with E-state index in [1.807, 2.05) is 0 Å². The third-order valence-electron chi connectivity index (χ3n) is 3.74. The number of hydrogen-bond acceptors (Lipinski definition) is 3. The van der Waals surface area contributed by atoms with E-state index in [0.717, 1.165) is 0 Å². The summed E-state index contributed by atoms with van der Waals surface area (Å²) in [5, 5.41) is -1.86. The van der Waals surface area contributed by atoms with Crippen LogP contribution in [0.2, 0.25) is 0 Å². The van der Waals surface area contributed by atoms with Gasteiger partial charge in [0.15, 0.2) is 5.69 Å². The van der Waals surface area contributed by atoms with Gasteiger partial charge in [-0.2, -0.15) is 40.2 Å². The van der Waals surface area contributed by atoms with Gasteiger partial charge in [-0.15, -0.1) is 0 Å². The average Bonchev–Trinajstić information content (AvgIpc) is 2.88. The number of pyridine rings is 1. The Labute approximate surface area is 159 Å². The van der Waals surface area contributed by atoms with Crippen LogP contribution in [0.25, 0.3) is 16.6 Å². The van der Waals surface area contributed by atoms with Gasteiger partial charge in [-0.3, -0.25) is 0 Å². The van der Waals surface area contributed by atoms with Gasteiger partial charge in [0.05, 0.1) is 22.2 Å². The van der Waals surface area contributed by atoms with Crippen LogP contribution in [0.1, 0.15) is 17.0 Å². The minimum Gasteiger partial charge on any atom is -0.383 e. The number of halogens is 10. The number of hydrogen-bond donors (Lipinski definition) is 1. The monoisotopic (exact) mass is 448 g/mol. The molecule has 1 aromatic carbocycles. The standard InChI is InChI=1S/C15H6ClF9N4/c16-13(18,19)9-4-7-10(11(27-9)15(23,24)25)12(26)29(28-7)8-2-1-5(17)3-6(8)14(20,21)22/h1-4H,26H2. The Morgan fingerprint density at radius 1 is 0.931 bits per heavy atom. The van der Waals surface area contributed by atoms with Crippen LogP contribution in [-0.4, -0.2) is 14.8 Å². The molecule has 0 saturated carbocycles. The molecule has 0 aliphatic carbocycles. The zero-order valence-corrected chi connectivity index (χ0v) is 14.3. The summed E-state index contributed by atoms with van der Waals surface area (Å²) in [6, 6.07) is 1.62. The zero-order valence-electron chi connectivity index (χ0n) is 13.5. The molecule has 156 valence electrons. The molecule has 0 unspecified atom stereocenters. The molecule has 0 spiro atoms. The number of benzene rings is 1. The minimum absolute atomic E-state index is 0.0857. The third kappa shape index (κ3) is 3.78. The van der Waals surface area contributed by atoms with Crippen LogP contribution < -0.4 is 5.73 Å². The maximum absolute atomic E-state index is 13.3. The zero-order chi connectivity index (χ0) is 21.9. The van der Waals surface area contributed by atoms with Crippen LogP contribution in [0.3, 0.4) is 0 Å². The molecule has 0 amide bonds. The Hall–Kier alpha value is -2.70. The molecular weight excluding hydrogens is 443 g/mol. The van der Waals surface area contributed by atoms with Crippen molar-refractivity contribution < 1.29 is 39.5 Å². The maximum atomic E-state index is 13.3. The Morgan fingerprint density at radius 3 is 2.07 bits per heavy atom. The van der Waals surface area contributed by atoms with E-state index < -0.39 is 62.9 Å². The molecule has 0 radical (unpaired) electrons. The molecule has 3 aromatic rings. The summed E-state index contributed by atoms with van der Waals surface area (Å²) in [5.74, 6) is -2.25. The van der Waals surface area contributed by atoms with E-state index in [4.69, 9.17) is 17.3 Å². The van der Waals surface area contributed by atoms with Crippen molar-refractivity contribution in [2.75, 3.05) is 5.73 Å². The molecule has 0 saturated heterocycles. The topological polar surface area (TPSA) is 56.7 Å². The second-order valence-electron chi connectivity index (χ2n) is 5.70. The molecule has 4 nitrogen and oxygen atoms in total. The van der Waals surface area contributed by atoms with E-state index in [0.29, 0.717) is 18.2 Å². The molecule has 0 bridgehead atoms. The van der Waals surface area contributed by atoms with Gasteiger partial charge < -0.3 is 5.73 Å². The molecule has 0 fully saturated rings. The number of aromatic nitrogens is 3. The summed E-state index contributed by atoms with van der Waals surface area (Å²) in [7, 11) is 0. The molecule has 0 aliphatic rings. The first-order valence-electron chi connectivity index (χ1n) is 7.31. The van der Waals surface area contributed by atoms with Gasteiger partial charge in [0.1, 0.15) is 17.3 Å². The molecule has 2 N–H and O–H groups in total. The quantitative estimate of drug-likeness (QED) is 0.418. The summed E-state index contributed by atoms with van der Waals surface area (Å²) in [6.45, 7) is 0. The molecular formula is C15H6ClF9N4. The summed E-state index contributed by atoms with van der Waals surface area (Å²) in [5.41, 5.74) is -1.23. The molecule has 3 rings (SSSR count). The van der Waals surface area contributed by atoms with Crippen molar-refractivity contribution in [2.45, 2.75) is 17.7 Å². The second kappa shape index (κ2) is 6.40. The van der Waals surface area contributed by atoms with Gasteiger partial charge in [-0.25, -0.2) is 14.1 Å². The first-order chi connectivity index (χ1) is 13.1. The normalized spacial score (nSPS) is 13.3. The lowest BCUT2D eigenvalue weighted by Gasteiger charge is -2.14. The number of nitrogens with two attached hydrogens (primary N) is 1. The van der Waals surface area contributed by atoms with Crippen molar-refractivity contribution in [1.29, 1.82) is 0 Å². The van der Waals surface area contributed by atoms with Crippen LogP contribution >= 0.6 is 11.6 Å². The number of fused-ring (bicyclic) bond motifs is 1. The highest BCUT2D eigenvalue weighted by Crippen LogP contribution is 2.42. The highest BCUT2D eigenvalue weighted by Gasteiger charge is 2.41. The fraction of sp³-hybridized carbons (Fsp3) is 0.200. The molecule has 2 aromatic heterocycles. The molecule has 0 atom stereocenters. The van der Waals surface area contributed by atoms with E-state index in [-0.39, 0.29) is 10.7 Å². The summed E-state index contributed by atoms with van der Waals surface area (Å²) in [6.07, 6.45) is -10.4. The maximum Gasteiger partial charge on any atom is 0.434 e. The number of nitrogen functional groups attached to an aromatic ring is 1. The van der Waals surface area contributed by atoms with E-state index >= 15 is 0 Å². The lowest BCUT2D eigenvalue weighted by molar-refractivity contribution is -0.140. The van der Waals surface area contributed by atoms with Crippen LogP contribution in [0.4, 0.5) is 45.3 Å². The first-order valence-corrected chi connectivity index (χ1v) is 7.69. The van der Waals surface area contributed by atoms with Crippen LogP contribution in [-0.2, 0) is 17.7 Å². The second-order valence-corrected chi connectivity index (χ2v) is 6.18. The Bertz CT molecular complexity index is 1100. The Morgan fingerprint density at radius 2 is 1.55 bits per heavy atom. The molecule has 14 heteroatoms. The molecule has 29 heavy (non-hydrogen) atoms. The molecule has 2 heterocycles. The average molecular weight is 449 g/mol. The largest absolute Gasteiger partial charge is 0.434 e. The predicted molar refractivity (Wildman–Crippen MR) is 83.0 cm³/mol. The minimum atomic E-state index is -5.31. The van der Waals surface area contributed by atoms with Gasteiger partial charge in [0.2, 0.25) is 0 Å². The molecule has 0 aliphatic heterocycles. The lowest BCUT2D eigenvalue weighted by atomic mass is 10.1. The van der Waals surface area contributed by atoms with Crippen molar-refractivity contribution in [1.82, 2.24) is 14.8 Å². The van der Waals surface area contributed by atoms with E-state index in [1.165, 1.54) is 0 Å². The fourth-order valence-corrected chi connectivity index (χ4v) is 2.68. The SMILES string of the molecule is Nc1c2c(C(F)(F)F)nc(C(F)(F)Cl)cc2nn1-c1ccc(F)cc1C(F)(F)F.